The molecule has 2 rings (SSSR count). The van der Waals surface area contributed by atoms with Gasteiger partial charge >= 0.3 is 12.6 Å². The van der Waals surface area contributed by atoms with Crippen molar-refractivity contribution in [2.75, 3.05) is 20.3 Å². The molecule has 1 aromatic carbocycles. The molecule has 0 saturated heterocycles. The van der Waals surface area contributed by atoms with Crippen molar-refractivity contribution in [1.29, 1.82) is 0 Å². The molecule has 1 heterocycles. The minimum absolute atomic E-state index is 0.0792. The van der Waals surface area contributed by atoms with Crippen molar-refractivity contribution in [1.82, 2.24) is 10.2 Å². The number of allylic oxidation sites excluding steroid dienone is 1. The molecule has 0 spiro atoms. The number of rotatable bonds is 7. The van der Waals surface area contributed by atoms with Crippen LogP contribution in [0.4, 0.5) is 8.78 Å². The third kappa shape index (κ3) is 4.65. The van der Waals surface area contributed by atoms with E-state index in [1.807, 2.05) is 0 Å². The Morgan fingerprint density at radius 2 is 2.00 bits per heavy atom. The first-order valence-electron chi connectivity index (χ1n) is 8.43. The Bertz CT molecular complexity index is 755. The Hall–Kier alpha value is -2.42. The fraction of sp³-hybridized carbons (Fsp3) is 0.444. The summed E-state index contributed by atoms with van der Waals surface area (Å²) in [5.74, 6) is -0.403. The number of carbonyl (C=O) groups excluding carboxylic acids is 1. The van der Waals surface area contributed by atoms with Crippen molar-refractivity contribution in [2.24, 2.45) is 0 Å². The molecule has 0 radical (unpaired) electrons. The number of hydrogen-bond acceptors (Lipinski definition) is 5. The molecule has 9 heteroatoms. The van der Waals surface area contributed by atoms with Crippen LogP contribution < -0.4 is 14.8 Å². The quantitative estimate of drug-likeness (QED) is 0.556. The van der Waals surface area contributed by atoms with Crippen LogP contribution in [0.3, 0.4) is 0 Å². The van der Waals surface area contributed by atoms with Gasteiger partial charge in [0.2, 0.25) is 0 Å². The second-order valence-electron chi connectivity index (χ2n) is 5.68. The van der Waals surface area contributed by atoms with Gasteiger partial charge in [0.25, 0.3) is 0 Å². The molecule has 1 aliphatic rings. The normalized spacial score (nSPS) is 17.1. The average molecular weight is 400 g/mol. The summed E-state index contributed by atoms with van der Waals surface area (Å²) in [5.41, 5.74) is 1.64. The number of halogens is 2. The number of thiocarbonyl (C=S) groups is 1. The number of hydrogen-bond donors (Lipinski definition) is 1. The standard InChI is InChI=1S/C18H22F2N2O4S/c1-5-24-13-9-11(7-8-12(13)26-17(19)20)15-14(16(23)25-6-2)10(3)22(4)18(27)21-15/h7-9,15,17H,5-6H2,1-4H3,(H,21,27)/t15-/m0/s1. The Balaban J connectivity index is 2.51. The van der Waals surface area contributed by atoms with Crippen LogP contribution in [0.5, 0.6) is 11.5 Å². The van der Waals surface area contributed by atoms with E-state index >= 15 is 0 Å². The summed E-state index contributed by atoms with van der Waals surface area (Å²) < 4.78 is 40.3. The van der Waals surface area contributed by atoms with Crippen molar-refractivity contribution in [2.45, 2.75) is 33.4 Å². The van der Waals surface area contributed by atoms with Gasteiger partial charge in [0.1, 0.15) is 0 Å². The number of benzene rings is 1. The molecule has 0 bridgehead atoms. The lowest BCUT2D eigenvalue weighted by Crippen LogP contribution is -2.46. The minimum Gasteiger partial charge on any atom is -0.490 e. The Morgan fingerprint density at radius 3 is 2.59 bits per heavy atom. The van der Waals surface area contributed by atoms with Gasteiger partial charge in [0.15, 0.2) is 16.6 Å². The van der Waals surface area contributed by atoms with E-state index in [0.29, 0.717) is 21.9 Å². The van der Waals surface area contributed by atoms with Gasteiger partial charge < -0.3 is 24.4 Å². The summed E-state index contributed by atoms with van der Waals surface area (Å²) in [5, 5.41) is 3.51. The first-order valence-corrected chi connectivity index (χ1v) is 8.84. The molecular weight excluding hydrogens is 378 g/mol. The first-order chi connectivity index (χ1) is 12.8. The van der Waals surface area contributed by atoms with Crippen LogP contribution in [-0.2, 0) is 9.53 Å². The SMILES string of the molecule is CCOC(=O)C1=C(C)N(C)C(=S)N[C@H]1c1ccc(OC(F)F)c(OCC)c1. The van der Waals surface area contributed by atoms with E-state index in [0.717, 1.165) is 0 Å². The zero-order chi connectivity index (χ0) is 20.1. The van der Waals surface area contributed by atoms with Gasteiger partial charge in [0, 0.05) is 12.7 Å². The van der Waals surface area contributed by atoms with Crippen molar-refractivity contribution in [3.8, 4) is 11.5 Å². The van der Waals surface area contributed by atoms with Crippen LogP contribution in [0.1, 0.15) is 32.4 Å². The number of esters is 1. The molecule has 1 aliphatic heterocycles. The van der Waals surface area contributed by atoms with Crippen molar-refractivity contribution >= 4 is 23.3 Å². The lowest BCUT2D eigenvalue weighted by atomic mass is 9.95. The molecule has 1 aromatic rings. The molecule has 0 unspecified atom stereocenters. The van der Waals surface area contributed by atoms with E-state index in [1.54, 1.807) is 44.9 Å². The van der Waals surface area contributed by atoms with Crippen LogP contribution in [-0.4, -0.2) is 42.9 Å². The summed E-state index contributed by atoms with van der Waals surface area (Å²) in [6.45, 7) is 2.74. The Kier molecular flexibility index (Phi) is 6.95. The van der Waals surface area contributed by atoms with Gasteiger partial charge in [-0.25, -0.2) is 4.79 Å². The summed E-state index contributed by atoms with van der Waals surface area (Å²) in [6, 6.07) is 3.92. The minimum atomic E-state index is -2.97. The Morgan fingerprint density at radius 1 is 1.30 bits per heavy atom. The fourth-order valence-electron chi connectivity index (χ4n) is 2.72. The molecule has 0 amide bonds. The average Bonchev–Trinajstić information content (AvgIpc) is 2.60. The molecule has 0 aromatic heterocycles. The molecule has 1 atom stereocenters. The highest BCUT2D eigenvalue weighted by molar-refractivity contribution is 7.80. The summed E-state index contributed by atoms with van der Waals surface area (Å²) in [6.07, 6.45) is 0. The number of alkyl halides is 2. The van der Waals surface area contributed by atoms with Gasteiger partial charge in [-0.1, -0.05) is 6.07 Å². The molecule has 0 fully saturated rings. The molecule has 1 N–H and O–H groups in total. The van der Waals surface area contributed by atoms with Crippen LogP contribution in [0, 0.1) is 0 Å². The maximum atomic E-state index is 12.6. The van der Waals surface area contributed by atoms with E-state index in [9.17, 15) is 13.6 Å². The second kappa shape index (κ2) is 8.98. The number of carbonyl (C=O) groups is 1. The first kappa shape index (κ1) is 20.9. The Labute approximate surface area is 162 Å². The number of nitrogens with one attached hydrogen (secondary N) is 1. The highest BCUT2D eigenvalue weighted by Crippen LogP contribution is 2.36. The smallest absolute Gasteiger partial charge is 0.387 e. The van der Waals surface area contributed by atoms with Crippen LogP contribution in [0.15, 0.2) is 29.5 Å². The molecule has 148 valence electrons. The largest absolute Gasteiger partial charge is 0.490 e. The summed E-state index contributed by atoms with van der Waals surface area (Å²) in [4.78, 5) is 14.2. The van der Waals surface area contributed by atoms with E-state index < -0.39 is 18.6 Å². The predicted molar refractivity (Wildman–Crippen MR) is 99.8 cm³/mol. The summed E-state index contributed by atoms with van der Waals surface area (Å²) in [7, 11) is 1.74. The second-order valence-corrected chi connectivity index (χ2v) is 6.07. The monoisotopic (exact) mass is 400 g/mol. The van der Waals surface area contributed by atoms with Gasteiger partial charge in [-0.3, -0.25) is 0 Å². The van der Waals surface area contributed by atoms with Gasteiger partial charge in [0.05, 0.1) is 24.8 Å². The highest BCUT2D eigenvalue weighted by atomic mass is 32.1. The number of nitrogens with zero attached hydrogens (tertiary/aromatic N) is 1. The zero-order valence-electron chi connectivity index (χ0n) is 15.5. The lowest BCUT2D eigenvalue weighted by molar-refractivity contribution is -0.139. The third-order valence-corrected chi connectivity index (χ3v) is 4.46. The fourth-order valence-corrected chi connectivity index (χ4v) is 2.98. The maximum Gasteiger partial charge on any atom is 0.387 e. The maximum absolute atomic E-state index is 12.6. The topological polar surface area (TPSA) is 60.0 Å². The molecule has 27 heavy (non-hydrogen) atoms. The zero-order valence-corrected chi connectivity index (χ0v) is 16.4. The lowest BCUT2D eigenvalue weighted by Gasteiger charge is -2.35. The van der Waals surface area contributed by atoms with E-state index in [-0.39, 0.29) is 24.7 Å². The van der Waals surface area contributed by atoms with Crippen molar-refractivity contribution in [3.63, 3.8) is 0 Å². The van der Waals surface area contributed by atoms with Gasteiger partial charge in [-0.2, -0.15) is 8.78 Å². The van der Waals surface area contributed by atoms with Gasteiger partial charge in [-0.05, 0) is 50.7 Å². The molecule has 6 nitrogen and oxygen atoms in total. The van der Waals surface area contributed by atoms with E-state index in [4.69, 9.17) is 21.7 Å². The van der Waals surface area contributed by atoms with Gasteiger partial charge in [-0.15, -0.1) is 0 Å². The highest BCUT2D eigenvalue weighted by Gasteiger charge is 2.34. The van der Waals surface area contributed by atoms with E-state index in [1.165, 1.54) is 6.07 Å². The number of ether oxygens (including phenoxy) is 3. The molecule has 0 saturated carbocycles. The van der Waals surface area contributed by atoms with E-state index in [2.05, 4.69) is 10.1 Å². The van der Waals surface area contributed by atoms with Crippen molar-refractivity contribution in [3.05, 3.63) is 35.0 Å². The molecule has 0 aliphatic carbocycles. The predicted octanol–water partition coefficient (Wildman–Crippen LogP) is 3.38. The summed E-state index contributed by atoms with van der Waals surface area (Å²) >= 11 is 5.33. The van der Waals surface area contributed by atoms with Crippen molar-refractivity contribution < 1.29 is 27.8 Å². The third-order valence-electron chi connectivity index (χ3n) is 4.07. The van der Waals surface area contributed by atoms with Crippen LogP contribution in [0.2, 0.25) is 0 Å². The molecular formula is C18H22F2N2O4S. The van der Waals surface area contributed by atoms with Crippen LogP contribution in [0.25, 0.3) is 0 Å². The van der Waals surface area contributed by atoms with Crippen LogP contribution >= 0.6 is 12.2 Å².